The van der Waals surface area contributed by atoms with E-state index in [1.54, 1.807) is 0 Å². The Morgan fingerprint density at radius 3 is 2.52 bits per heavy atom. The number of fused-ring (bicyclic) bond motifs is 10. The van der Waals surface area contributed by atoms with Crippen LogP contribution < -0.4 is 0 Å². The van der Waals surface area contributed by atoms with E-state index in [0.29, 0.717) is 47.7 Å². The highest BCUT2D eigenvalue weighted by Crippen LogP contribution is 2.82. The molecule has 6 saturated carbocycles. The molecule has 11 unspecified atom stereocenters. The van der Waals surface area contributed by atoms with Crippen LogP contribution in [0, 0.1) is 51.8 Å². The molecule has 0 heterocycles. The van der Waals surface area contributed by atoms with Crippen molar-refractivity contribution in [3.8, 4) is 0 Å². The number of aliphatic hydroxyl groups is 2. The van der Waals surface area contributed by atoms with Crippen LogP contribution in [0.25, 0.3) is 0 Å². The third kappa shape index (κ3) is 1.43. The summed E-state index contributed by atoms with van der Waals surface area (Å²) in [5, 5.41) is 22.2. The maximum absolute atomic E-state index is 13.0. The summed E-state index contributed by atoms with van der Waals surface area (Å²) in [6, 6.07) is 0. The molecule has 138 valence electrons. The predicted octanol–water partition coefficient (Wildman–Crippen LogP) is 3.18. The van der Waals surface area contributed by atoms with Crippen molar-refractivity contribution in [1.82, 2.24) is 0 Å². The summed E-state index contributed by atoms with van der Waals surface area (Å²) in [7, 11) is 0. The van der Waals surface area contributed by atoms with Crippen LogP contribution in [-0.2, 0) is 4.79 Å². The van der Waals surface area contributed by atoms with Crippen molar-refractivity contribution in [2.45, 2.75) is 77.4 Å². The molecular weight excluding hydrogens is 312 g/mol. The van der Waals surface area contributed by atoms with Gasteiger partial charge in [-0.05, 0) is 73.5 Å². The largest absolute Gasteiger partial charge is 0.393 e. The highest BCUT2D eigenvalue weighted by molar-refractivity contribution is 5.92. The number of carbonyl (C=O) groups is 1. The van der Waals surface area contributed by atoms with Crippen molar-refractivity contribution in [1.29, 1.82) is 0 Å². The van der Waals surface area contributed by atoms with Crippen molar-refractivity contribution in [3.63, 3.8) is 0 Å². The van der Waals surface area contributed by atoms with Crippen molar-refractivity contribution in [3.05, 3.63) is 0 Å². The van der Waals surface area contributed by atoms with E-state index in [2.05, 4.69) is 20.8 Å². The molecule has 0 bridgehead atoms. The third-order valence-electron chi connectivity index (χ3n) is 10.9. The fourth-order valence-corrected chi connectivity index (χ4v) is 9.25. The second-order valence-corrected chi connectivity index (χ2v) is 11.4. The summed E-state index contributed by atoms with van der Waals surface area (Å²) in [6.45, 7) is 7.07. The second kappa shape index (κ2) is 4.04. The maximum atomic E-state index is 13.0. The Morgan fingerprint density at radius 1 is 1.00 bits per heavy atom. The Bertz CT molecular complexity index is 689. The molecule has 0 aromatic carbocycles. The molecule has 2 N–H and O–H groups in total. The zero-order valence-corrected chi connectivity index (χ0v) is 15.8. The Balaban J connectivity index is 1.50. The third-order valence-corrected chi connectivity index (χ3v) is 10.9. The summed E-state index contributed by atoms with van der Waals surface area (Å²) in [5.74, 6) is 3.71. The van der Waals surface area contributed by atoms with Gasteiger partial charge in [0.2, 0.25) is 0 Å². The molecular formula is C22H32O3. The first-order valence-corrected chi connectivity index (χ1v) is 10.6. The molecule has 0 radical (unpaired) electrons. The van der Waals surface area contributed by atoms with Gasteiger partial charge in [0.15, 0.2) is 0 Å². The summed E-state index contributed by atoms with van der Waals surface area (Å²) < 4.78 is 0. The Kier molecular flexibility index (Phi) is 2.53. The highest BCUT2D eigenvalue weighted by atomic mass is 16.3. The van der Waals surface area contributed by atoms with Gasteiger partial charge < -0.3 is 10.2 Å². The Labute approximate surface area is 150 Å². The molecule has 3 nitrogen and oxygen atoms in total. The van der Waals surface area contributed by atoms with E-state index >= 15 is 0 Å². The standard InChI is InChI=1S/C22H32O3/c1-19-6-7-20(2)17(16(19)12-8-13(12)18(19)24)14-9-15(14)22(25)10-11(23)4-5-21(20,22)3/h11-17,23,25H,4-10H2,1-3H3. The number of Topliss-reactive ketones (excluding diaryl/α,β-unsaturated/α-hetero) is 1. The number of ketones is 1. The summed E-state index contributed by atoms with van der Waals surface area (Å²) in [4.78, 5) is 13.0. The van der Waals surface area contributed by atoms with E-state index in [1.807, 2.05) is 0 Å². The molecule has 25 heavy (non-hydrogen) atoms. The van der Waals surface area contributed by atoms with Gasteiger partial charge in [-0.15, -0.1) is 0 Å². The molecule has 0 aliphatic heterocycles. The van der Waals surface area contributed by atoms with Gasteiger partial charge in [-0.1, -0.05) is 20.8 Å². The molecule has 6 aliphatic rings. The molecule has 0 amide bonds. The fourth-order valence-electron chi connectivity index (χ4n) is 9.25. The molecule has 6 aliphatic carbocycles. The zero-order valence-electron chi connectivity index (χ0n) is 15.8. The molecule has 0 saturated heterocycles. The SMILES string of the molecule is CC12CCC3(C)C(C4CC4C4(O)CC(O)CCC34C)C1C1CC1C2=O. The molecule has 3 heteroatoms. The molecule has 6 fully saturated rings. The van der Waals surface area contributed by atoms with Crippen LogP contribution in [0.4, 0.5) is 0 Å². The van der Waals surface area contributed by atoms with Crippen LogP contribution in [-0.4, -0.2) is 27.7 Å². The number of hydrogen-bond acceptors (Lipinski definition) is 3. The first-order chi connectivity index (χ1) is 11.7. The topological polar surface area (TPSA) is 57.5 Å². The minimum atomic E-state index is -0.695. The van der Waals surface area contributed by atoms with Gasteiger partial charge in [0.05, 0.1) is 11.7 Å². The van der Waals surface area contributed by atoms with E-state index in [-0.39, 0.29) is 22.3 Å². The van der Waals surface area contributed by atoms with E-state index < -0.39 is 5.60 Å². The number of carbonyl (C=O) groups excluding carboxylic acids is 1. The predicted molar refractivity (Wildman–Crippen MR) is 93.5 cm³/mol. The van der Waals surface area contributed by atoms with Gasteiger partial charge >= 0.3 is 0 Å². The number of aliphatic hydroxyl groups excluding tert-OH is 1. The molecule has 0 aromatic rings. The lowest BCUT2D eigenvalue weighted by molar-refractivity contribution is -0.263. The van der Waals surface area contributed by atoms with Gasteiger partial charge in [0, 0.05) is 23.2 Å². The van der Waals surface area contributed by atoms with Crippen LogP contribution in [0.2, 0.25) is 0 Å². The van der Waals surface area contributed by atoms with Crippen molar-refractivity contribution in [2.75, 3.05) is 0 Å². The molecule has 11 atom stereocenters. The van der Waals surface area contributed by atoms with Crippen LogP contribution >= 0.6 is 0 Å². The normalized spacial score (nSPS) is 69.8. The van der Waals surface area contributed by atoms with E-state index in [4.69, 9.17) is 0 Å². The van der Waals surface area contributed by atoms with Crippen molar-refractivity contribution in [2.24, 2.45) is 51.8 Å². The van der Waals surface area contributed by atoms with Gasteiger partial charge in [-0.25, -0.2) is 0 Å². The van der Waals surface area contributed by atoms with E-state index in [9.17, 15) is 15.0 Å². The van der Waals surface area contributed by atoms with Crippen LogP contribution in [0.15, 0.2) is 0 Å². The second-order valence-electron chi connectivity index (χ2n) is 11.4. The molecule has 6 rings (SSSR count). The van der Waals surface area contributed by atoms with Gasteiger partial charge in [0.1, 0.15) is 5.78 Å². The first-order valence-electron chi connectivity index (χ1n) is 10.6. The van der Waals surface area contributed by atoms with Crippen LogP contribution in [0.5, 0.6) is 0 Å². The van der Waals surface area contributed by atoms with Gasteiger partial charge in [0.25, 0.3) is 0 Å². The lowest BCUT2D eigenvalue weighted by atomic mass is 9.37. The summed E-state index contributed by atoms with van der Waals surface area (Å²) >= 11 is 0. The van der Waals surface area contributed by atoms with Gasteiger partial charge in [-0.2, -0.15) is 0 Å². The average Bonchev–Trinajstić information content (AvgIpc) is 3.43. The first kappa shape index (κ1) is 15.6. The highest BCUT2D eigenvalue weighted by Gasteiger charge is 2.81. The molecule has 0 aromatic heterocycles. The quantitative estimate of drug-likeness (QED) is 0.710. The Morgan fingerprint density at radius 2 is 1.76 bits per heavy atom. The minimum absolute atomic E-state index is 0.0785. The lowest BCUT2D eigenvalue weighted by Gasteiger charge is -2.68. The monoisotopic (exact) mass is 344 g/mol. The van der Waals surface area contributed by atoms with Crippen molar-refractivity contribution < 1.29 is 15.0 Å². The van der Waals surface area contributed by atoms with Crippen molar-refractivity contribution >= 4 is 5.78 Å². The number of hydrogen-bond donors (Lipinski definition) is 2. The number of rotatable bonds is 0. The zero-order chi connectivity index (χ0) is 17.6. The fraction of sp³-hybridized carbons (Fsp3) is 0.955. The average molecular weight is 344 g/mol. The van der Waals surface area contributed by atoms with Crippen LogP contribution in [0.1, 0.15) is 65.7 Å². The van der Waals surface area contributed by atoms with E-state index in [1.165, 1.54) is 0 Å². The van der Waals surface area contributed by atoms with Crippen LogP contribution in [0.3, 0.4) is 0 Å². The smallest absolute Gasteiger partial charge is 0.142 e. The maximum Gasteiger partial charge on any atom is 0.142 e. The minimum Gasteiger partial charge on any atom is -0.393 e. The Hall–Kier alpha value is -0.410. The lowest BCUT2D eigenvalue weighted by Crippen LogP contribution is -2.69. The van der Waals surface area contributed by atoms with Gasteiger partial charge in [-0.3, -0.25) is 4.79 Å². The summed E-state index contributed by atoms with van der Waals surface area (Å²) in [6.07, 6.45) is 6.35. The van der Waals surface area contributed by atoms with E-state index in [0.717, 1.165) is 38.5 Å². The summed E-state index contributed by atoms with van der Waals surface area (Å²) in [5.41, 5.74) is -0.773. The molecule has 0 spiro atoms.